The third-order valence-corrected chi connectivity index (χ3v) is 3.48. The van der Waals surface area contributed by atoms with E-state index in [-0.39, 0.29) is 0 Å². The molecule has 0 aliphatic carbocycles. The van der Waals surface area contributed by atoms with Gasteiger partial charge in [-0.15, -0.1) is 0 Å². The first-order valence-corrected chi connectivity index (χ1v) is 7.16. The summed E-state index contributed by atoms with van der Waals surface area (Å²) in [7, 11) is 2.20. The van der Waals surface area contributed by atoms with Gasteiger partial charge in [-0.2, -0.15) is 4.98 Å². The summed E-state index contributed by atoms with van der Waals surface area (Å²) in [5, 5.41) is 3.28. The highest BCUT2D eigenvalue weighted by atomic mass is 16.5. The van der Waals surface area contributed by atoms with E-state index in [0.29, 0.717) is 18.4 Å². The molecule has 19 heavy (non-hydrogen) atoms. The van der Waals surface area contributed by atoms with E-state index >= 15 is 0 Å². The van der Waals surface area contributed by atoms with Crippen LogP contribution in [0, 0.1) is 5.92 Å². The van der Waals surface area contributed by atoms with Crippen LogP contribution in [0.4, 0.5) is 5.95 Å². The Morgan fingerprint density at radius 1 is 1.53 bits per heavy atom. The minimum Gasteiger partial charge on any atom is -0.478 e. The Labute approximate surface area is 115 Å². The molecule has 1 saturated heterocycles. The molecule has 0 spiro atoms. The van der Waals surface area contributed by atoms with Crippen molar-refractivity contribution in [3.63, 3.8) is 0 Å². The van der Waals surface area contributed by atoms with Crippen molar-refractivity contribution in [2.24, 2.45) is 5.92 Å². The van der Waals surface area contributed by atoms with Crippen molar-refractivity contribution in [2.75, 3.05) is 38.6 Å². The monoisotopic (exact) mass is 264 g/mol. The van der Waals surface area contributed by atoms with Crippen molar-refractivity contribution in [1.82, 2.24) is 14.9 Å². The average molecular weight is 264 g/mol. The topological polar surface area (TPSA) is 50.3 Å². The zero-order chi connectivity index (χ0) is 13.5. The van der Waals surface area contributed by atoms with E-state index in [1.54, 1.807) is 12.3 Å². The molecule has 5 heteroatoms. The molecule has 1 aromatic heterocycles. The molecule has 1 aliphatic heterocycles. The van der Waals surface area contributed by atoms with Crippen LogP contribution in [-0.4, -0.2) is 48.2 Å². The number of aromatic nitrogens is 2. The second-order valence-corrected chi connectivity index (χ2v) is 5.14. The Hall–Kier alpha value is -1.36. The third kappa shape index (κ3) is 4.67. The number of likely N-dealkylation sites (tertiary alicyclic amines) is 1. The van der Waals surface area contributed by atoms with Gasteiger partial charge in [-0.05, 0) is 45.7 Å². The van der Waals surface area contributed by atoms with Gasteiger partial charge in [0.15, 0.2) is 0 Å². The van der Waals surface area contributed by atoms with E-state index in [0.717, 1.165) is 12.5 Å². The maximum Gasteiger partial charge on any atom is 0.225 e. The number of nitrogens with one attached hydrogen (secondary N) is 1. The van der Waals surface area contributed by atoms with E-state index in [9.17, 15) is 0 Å². The highest BCUT2D eigenvalue weighted by molar-refractivity contribution is 5.27. The Kier molecular flexibility index (Phi) is 5.39. The number of anilines is 1. The number of piperidine rings is 1. The molecule has 0 bridgehead atoms. The number of ether oxygens (including phenoxy) is 1. The zero-order valence-corrected chi connectivity index (χ0v) is 11.9. The van der Waals surface area contributed by atoms with Gasteiger partial charge < -0.3 is 15.0 Å². The van der Waals surface area contributed by atoms with Crippen LogP contribution in [0.1, 0.15) is 26.2 Å². The van der Waals surface area contributed by atoms with Crippen molar-refractivity contribution in [3.05, 3.63) is 12.3 Å². The van der Waals surface area contributed by atoms with Gasteiger partial charge in [-0.25, -0.2) is 4.98 Å². The Morgan fingerprint density at radius 3 is 3.21 bits per heavy atom. The van der Waals surface area contributed by atoms with Crippen LogP contribution in [-0.2, 0) is 0 Å². The lowest BCUT2D eigenvalue weighted by Crippen LogP contribution is -2.32. The fourth-order valence-electron chi connectivity index (χ4n) is 2.55. The number of hydrogen-bond donors (Lipinski definition) is 1. The summed E-state index contributed by atoms with van der Waals surface area (Å²) < 4.78 is 5.36. The fourth-order valence-corrected chi connectivity index (χ4v) is 2.55. The van der Waals surface area contributed by atoms with Gasteiger partial charge in [0.2, 0.25) is 11.8 Å². The largest absolute Gasteiger partial charge is 0.478 e. The molecule has 1 fully saturated rings. The highest BCUT2D eigenvalue weighted by Gasteiger charge is 2.16. The molecular weight excluding hydrogens is 240 g/mol. The smallest absolute Gasteiger partial charge is 0.225 e. The van der Waals surface area contributed by atoms with Crippen LogP contribution >= 0.6 is 0 Å². The van der Waals surface area contributed by atoms with Gasteiger partial charge in [0.05, 0.1) is 6.61 Å². The molecule has 0 unspecified atom stereocenters. The van der Waals surface area contributed by atoms with Crippen LogP contribution in [0.2, 0.25) is 0 Å². The predicted molar refractivity (Wildman–Crippen MR) is 76.5 cm³/mol. The van der Waals surface area contributed by atoms with E-state index < -0.39 is 0 Å². The van der Waals surface area contributed by atoms with Crippen molar-refractivity contribution < 1.29 is 4.74 Å². The van der Waals surface area contributed by atoms with Crippen LogP contribution in [0.5, 0.6) is 5.88 Å². The fraction of sp³-hybridized carbons (Fsp3) is 0.714. The highest BCUT2D eigenvalue weighted by Crippen LogP contribution is 2.18. The molecule has 5 nitrogen and oxygen atoms in total. The molecule has 0 amide bonds. The van der Waals surface area contributed by atoms with Crippen LogP contribution in [0.25, 0.3) is 0 Å². The SMILES string of the molecule is CCOc1ccnc(NCC[C@@H]2CCCN(C)C2)n1. The van der Waals surface area contributed by atoms with Gasteiger partial charge in [0, 0.05) is 25.4 Å². The quantitative estimate of drug-likeness (QED) is 0.852. The van der Waals surface area contributed by atoms with Crippen LogP contribution in [0.3, 0.4) is 0 Å². The van der Waals surface area contributed by atoms with E-state index in [1.807, 2.05) is 6.92 Å². The normalized spacial score (nSPS) is 20.2. The van der Waals surface area contributed by atoms with Gasteiger partial charge in [-0.1, -0.05) is 0 Å². The minimum absolute atomic E-state index is 0.630. The lowest BCUT2D eigenvalue weighted by Gasteiger charge is -2.29. The number of hydrogen-bond acceptors (Lipinski definition) is 5. The summed E-state index contributed by atoms with van der Waals surface area (Å²) in [5.74, 6) is 2.09. The summed E-state index contributed by atoms with van der Waals surface area (Å²) in [4.78, 5) is 10.9. The Bertz CT molecular complexity index is 385. The zero-order valence-electron chi connectivity index (χ0n) is 11.9. The molecule has 0 aromatic carbocycles. The third-order valence-electron chi connectivity index (χ3n) is 3.48. The molecule has 0 saturated carbocycles. The van der Waals surface area contributed by atoms with E-state index in [1.165, 1.54) is 32.4 Å². The summed E-state index contributed by atoms with van der Waals surface area (Å²) in [6.45, 7) is 5.96. The van der Waals surface area contributed by atoms with Crippen LogP contribution in [0.15, 0.2) is 12.3 Å². The van der Waals surface area contributed by atoms with Crippen molar-refractivity contribution in [1.29, 1.82) is 0 Å². The Morgan fingerprint density at radius 2 is 2.42 bits per heavy atom. The first-order valence-electron chi connectivity index (χ1n) is 7.16. The molecule has 1 aromatic rings. The van der Waals surface area contributed by atoms with E-state index in [2.05, 4.69) is 27.2 Å². The molecule has 0 radical (unpaired) electrons. The molecule has 106 valence electrons. The lowest BCUT2D eigenvalue weighted by molar-refractivity contribution is 0.205. The standard InChI is InChI=1S/C14H24N4O/c1-3-19-13-7-9-16-14(17-13)15-8-6-12-5-4-10-18(2)11-12/h7,9,12H,3-6,8,10-11H2,1-2H3,(H,15,16,17)/t12-/m0/s1. The first kappa shape index (κ1) is 14.1. The van der Waals surface area contributed by atoms with Gasteiger partial charge >= 0.3 is 0 Å². The van der Waals surface area contributed by atoms with Gasteiger partial charge in [0.25, 0.3) is 0 Å². The van der Waals surface area contributed by atoms with Crippen molar-refractivity contribution in [3.8, 4) is 5.88 Å². The molecular formula is C14H24N4O. The van der Waals surface area contributed by atoms with Crippen molar-refractivity contribution >= 4 is 5.95 Å². The van der Waals surface area contributed by atoms with E-state index in [4.69, 9.17) is 4.74 Å². The number of nitrogens with zero attached hydrogens (tertiary/aromatic N) is 3. The minimum atomic E-state index is 0.630. The molecule has 2 rings (SSSR count). The molecule has 1 atom stereocenters. The summed E-state index contributed by atoms with van der Waals surface area (Å²) in [6, 6.07) is 1.78. The maximum atomic E-state index is 5.36. The van der Waals surface area contributed by atoms with Gasteiger partial charge in [0.1, 0.15) is 0 Å². The Balaban J connectivity index is 1.74. The van der Waals surface area contributed by atoms with Crippen LogP contribution < -0.4 is 10.1 Å². The maximum absolute atomic E-state index is 5.36. The summed E-state index contributed by atoms with van der Waals surface area (Å²) in [6.07, 6.45) is 5.56. The summed E-state index contributed by atoms with van der Waals surface area (Å²) in [5.41, 5.74) is 0. The molecule has 2 heterocycles. The molecule has 1 N–H and O–H groups in total. The van der Waals surface area contributed by atoms with Crippen molar-refractivity contribution in [2.45, 2.75) is 26.2 Å². The lowest BCUT2D eigenvalue weighted by atomic mass is 9.95. The van der Waals surface area contributed by atoms with Gasteiger partial charge in [-0.3, -0.25) is 0 Å². The second kappa shape index (κ2) is 7.28. The predicted octanol–water partition coefficient (Wildman–Crippen LogP) is 2.02. The average Bonchev–Trinajstić information content (AvgIpc) is 2.40. The molecule has 1 aliphatic rings. The summed E-state index contributed by atoms with van der Waals surface area (Å²) >= 11 is 0. The second-order valence-electron chi connectivity index (χ2n) is 5.14. The first-order chi connectivity index (χ1) is 9.28. The number of rotatable bonds is 6.